The summed E-state index contributed by atoms with van der Waals surface area (Å²) in [5.74, 6) is 0. The van der Waals surface area contributed by atoms with Gasteiger partial charge in [-0.05, 0) is 57.2 Å². The molecule has 0 unspecified atom stereocenters. The maximum absolute atomic E-state index is 3.54. The van der Waals surface area contributed by atoms with Crippen molar-refractivity contribution in [2.45, 2.75) is 46.6 Å². The quantitative estimate of drug-likeness (QED) is 0.826. The van der Waals surface area contributed by atoms with Crippen LogP contribution in [0.4, 0.5) is 0 Å². The van der Waals surface area contributed by atoms with Gasteiger partial charge >= 0.3 is 0 Å². The zero-order valence-electron chi connectivity index (χ0n) is 11.1. The molecule has 1 aromatic heterocycles. The smallest absolute Gasteiger partial charge is 0.0299 e. The molecule has 1 nitrogen and oxygen atoms in total. The lowest BCUT2D eigenvalue weighted by Crippen LogP contribution is -2.36. The first-order valence-corrected chi connectivity index (χ1v) is 6.79. The first kappa shape index (κ1) is 13.5. The van der Waals surface area contributed by atoms with Gasteiger partial charge in [0, 0.05) is 17.0 Å². The Bertz CT molecular complexity index is 355. The van der Waals surface area contributed by atoms with Crippen LogP contribution in [0, 0.1) is 6.92 Å². The van der Waals surface area contributed by atoms with E-state index in [1.807, 2.05) is 11.3 Å². The van der Waals surface area contributed by atoms with E-state index in [9.17, 15) is 0 Å². The van der Waals surface area contributed by atoms with Crippen molar-refractivity contribution in [1.82, 2.24) is 5.32 Å². The Morgan fingerprint density at radius 2 is 2.12 bits per heavy atom. The zero-order valence-corrected chi connectivity index (χ0v) is 11.9. The third-order valence-corrected chi connectivity index (χ3v) is 3.50. The molecule has 1 heterocycles. The highest BCUT2D eigenvalue weighted by Gasteiger charge is 2.09. The lowest BCUT2D eigenvalue weighted by molar-refractivity contribution is 0.443. The highest BCUT2D eigenvalue weighted by molar-refractivity contribution is 7.11. The molecule has 0 radical (unpaired) electrons. The van der Waals surface area contributed by atoms with Gasteiger partial charge in [-0.2, -0.15) is 0 Å². The zero-order chi connectivity index (χ0) is 12.2. The van der Waals surface area contributed by atoms with Gasteiger partial charge in [0.2, 0.25) is 0 Å². The maximum Gasteiger partial charge on any atom is 0.0299 e. The highest BCUT2D eigenvalue weighted by atomic mass is 32.1. The molecule has 0 spiro atoms. The summed E-state index contributed by atoms with van der Waals surface area (Å²) in [7, 11) is 0. The first-order valence-electron chi connectivity index (χ1n) is 5.91. The van der Waals surface area contributed by atoms with Crippen LogP contribution in [-0.2, 0) is 0 Å². The van der Waals surface area contributed by atoms with E-state index in [-0.39, 0.29) is 5.54 Å². The molecule has 0 fully saturated rings. The lowest BCUT2D eigenvalue weighted by Gasteiger charge is -2.21. The molecule has 2 heteroatoms. The summed E-state index contributed by atoms with van der Waals surface area (Å²) in [5.41, 5.74) is 3.05. The second-order valence-electron chi connectivity index (χ2n) is 5.23. The van der Waals surface area contributed by atoms with E-state index in [4.69, 9.17) is 0 Å². The average molecular weight is 237 g/mol. The number of nitrogens with one attached hydrogen (secondary N) is 1. The van der Waals surface area contributed by atoms with Crippen LogP contribution in [0.15, 0.2) is 17.0 Å². The monoisotopic (exact) mass is 237 g/mol. The van der Waals surface area contributed by atoms with Crippen molar-refractivity contribution in [2.75, 3.05) is 6.54 Å². The van der Waals surface area contributed by atoms with Crippen LogP contribution in [0.3, 0.4) is 0 Å². The highest BCUT2D eigenvalue weighted by Crippen LogP contribution is 2.20. The normalized spacial score (nSPS) is 13.2. The molecule has 0 saturated heterocycles. The summed E-state index contributed by atoms with van der Waals surface area (Å²) in [6, 6.07) is 2.18. The van der Waals surface area contributed by atoms with Crippen LogP contribution < -0.4 is 5.32 Å². The fourth-order valence-electron chi connectivity index (χ4n) is 1.37. The van der Waals surface area contributed by atoms with E-state index in [0.29, 0.717) is 0 Å². The van der Waals surface area contributed by atoms with E-state index in [1.165, 1.54) is 16.0 Å². The van der Waals surface area contributed by atoms with Gasteiger partial charge in [-0.25, -0.2) is 0 Å². The van der Waals surface area contributed by atoms with Crippen molar-refractivity contribution >= 4 is 17.4 Å². The molecular formula is C14H23NS. The molecule has 0 aliphatic carbocycles. The molecule has 0 atom stereocenters. The molecule has 0 bridgehead atoms. The number of hydrogen-bond acceptors (Lipinski definition) is 2. The lowest BCUT2D eigenvalue weighted by atomic mass is 10.1. The van der Waals surface area contributed by atoms with Gasteiger partial charge in [-0.15, -0.1) is 11.3 Å². The molecule has 1 rings (SSSR count). The summed E-state index contributed by atoms with van der Waals surface area (Å²) in [6.45, 7) is 12.0. The van der Waals surface area contributed by atoms with Gasteiger partial charge in [0.1, 0.15) is 0 Å². The summed E-state index contributed by atoms with van der Waals surface area (Å²) >= 11 is 1.82. The Kier molecular flexibility index (Phi) is 4.75. The summed E-state index contributed by atoms with van der Waals surface area (Å²) < 4.78 is 0. The Morgan fingerprint density at radius 1 is 1.44 bits per heavy atom. The molecule has 0 amide bonds. The number of hydrogen-bond donors (Lipinski definition) is 1. The fourth-order valence-corrected chi connectivity index (χ4v) is 2.28. The van der Waals surface area contributed by atoms with E-state index in [1.54, 1.807) is 0 Å². The van der Waals surface area contributed by atoms with Crippen molar-refractivity contribution < 1.29 is 0 Å². The average Bonchev–Trinajstić information content (AvgIpc) is 2.57. The second kappa shape index (κ2) is 5.65. The second-order valence-corrected chi connectivity index (χ2v) is 6.18. The summed E-state index contributed by atoms with van der Waals surface area (Å²) in [4.78, 5) is 1.40. The van der Waals surface area contributed by atoms with Gasteiger partial charge in [-0.1, -0.05) is 12.5 Å². The maximum atomic E-state index is 3.54. The minimum atomic E-state index is 0.193. The summed E-state index contributed by atoms with van der Waals surface area (Å²) in [6.07, 6.45) is 3.44. The number of rotatable bonds is 4. The molecule has 0 saturated carbocycles. The topological polar surface area (TPSA) is 12.0 Å². The van der Waals surface area contributed by atoms with E-state index >= 15 is 0 Å². The molecule has 1 aromatic rings. The molecule has 0 aliphatic rings. The molecular weight excluding hydrogens is 214 g/mol. The predicted octanol–water partition coefficient (Wildman–Crippen LogP) is 4.24. The number of aryl methyl sites for hydroxylation is 1. The van der Waals surface area contributed by atoms with Crippen molar-refractivity contribution in [2.24, 2.45) is 0 Å². The van der Waals surface area contributed by atoms with Crippen LogP contribution >= 0.6 is 11.3 Å². The Hall–Kier alpha value is -0.600. The van der Waals surface area contributed by atoms with Crippen LogP contribution in [0.1, 0.15) is 44.6 Å². The van der Waals surface area contributed by atoms with Crippen LogP contribution in [-0.4, -0.2) is 12.1 Å². The molecule has 0 aromatic carbocycles. The standard InChI is InChI=1S/C14H23NS/c1-6-12(10-15-14(3,4)5)9-13-11(2)7-8-16-13/h7-9,15H,6,10H2,1-5H3. The first-order chi connectivity index (χ1) is 7.42. The van der Waals surface area contributed by atoms with Crippen LogP contribution in [0.25, 0.3) is 6.08 Å². The predicted molar refractivity (Wildman–Crippen MR) is 75.1 cm³/mol. The van der Waals surface area contributed by atoms with Gasteiger partial charge in [0.25, 0.3) is 0 Å². The van der Waals surface area contributed by atoms with Crippen molar-refractivity contribution in [1.29, 1.82) is 0 Å². The molecule has 0 aliphatic heterocycles. The van der Waals surface area contributed by atoms with E-state index in [2.05, 4.69) is 57.5 Å². The van der Waals surface area contributed by atoms with E-state index in [0.717, 1.165) is 13.0 Å². The molecule has 1 N–H and O–H groups in total. The number of thiophene rings is 1. The van der Waals surface area contributed by atoms with Gasteiger partial charge in [0.05, 0.1) is 0 Å². The van der Waals surface area contributed by atoms with Gasteiger partial charge in [-0.3, -0.25) is 0 Å². The van der Waals surface area contributed by atoms with Crippen molar-refractivity contribution in [3.05, 3.63) is 27.5 Å². The minimum absolute atomic E-state index is 0.193. The Morgan fingerprint density at radius 3 is 2.56 bits per heavy atom. The molecule has 90 valence electrons. The van der Waals surface area contributed by atoms with Crippen molar-refractivity contribution in [3.8, 4) is 0 Å². The third-order valence-electron chi connectivity index (χ3n) is 2.54. The Balaban J connectivity index is 2.68. The van der Waals surface area contributed by atoms with E-state index < -0.39 is 0 Å². The van der Waals surface area contributed by atoms with Gasteiger partial charge < -0.3 is 5.32 Å². The Labute approximate surface area is 104 Å². The van der Waals surface area contributed by atoms with Crippen molar-refractivity contribution in [3.63, 3.8) is 0 Å². The SMILES string of the molecule is CCC(=Cc1sccc1C)CNC(C)(C)C. The van der Waals surface area contributed by atoms with Crippen LogP contribution in [0.2, 0.25) is 0 Å². The van der Waals surface area contributed by atoms with Crippen LogP contribution in [0.5, 0.6) is 0 Å². The fraction of sp³-hybridized carbons (Fsp3) is 0.571. The molecule has 16 heavy (non-hydrogen) atoms. The van der Waals surface area contributed by atoms with Gasteiger partial charge in [0.15, 0.2) is 0 Å². The minimum Gasteiger partial charge on any atom is -0.308 e. The summed E-state index contributed by atoms with van der Waals surface area (Å²) in [5, 5.41) is 5.70. The third kappa shape index (κ3) is 4.50. The largest absolute Gasteiger partial charge is 0.308 e.